The van der Waals surface area contributed by atoms with Crippen molar-refractivity contribution in [2.24, 2.45) is 5.73 Å². The summed E-state index contributed by atoms with van der Waals surface area (Å²) >= 11 is 0. The van der Waals surface area contributed by atoms with Gasteiger partial charge in [0.05, 0.1) is 25.8 Å². The third kappa shape index (κ3) is 5.69. The van der Waals surface area contributed by atoms with Crippen LogP contribution >= 0.6 is 0 Å². The number of primary amides is 1. The van der Waals surface area contributed by atoms with Crippen LogP contribution in [0.4, 0.5) is 0 Å². The molecule has 0 aliphatic heterocycles. The monoisotopic (exact) mass is 426 g/mol. The Labute approximate surface area is 180 Å². The van der Waals surface area contributed by atoms with Crippen LogP contribution in [-0.2, 0) is 16.1 Å². The number of esters is 1. The summed E-state index contributed by atoms with van der Waals surface area (Å²) < 4.78 is 23.1. The number of benzene rings is 2. The Morgan fingerprint density at radius 3 is 2.35 bits per heavy atom. The number of amides is 1. The first-order chi connectivity index (χ1) is 15.0. The number of fused-ring (bicyclic) bond motifs is 1. The molecular weight excluding hydrogens is 400 g/mol. The summed E-state index contributed by atoms with van der Waals surface area (Å²) in [5.74, 6) is 1.05. The van der Waals surface area contributed by atoms with Crippen molar-refractivity contribution in [2.75, 3.05) is 26.9 Å². The smallest absolute Gasteiger partial charge is 0.344 e. The number of ether oxygens (including phenoxy) is 4. The zero-order valence-corrected chi connectivity index (χ0v) is 17.6. The fourth-order valence-corrected chi connectivity index (χ4v) is 3.20. The molecule has 8 nitrogen and oxygen atoms in total. The van der Waals surface area contributed by atoms with Crippen molar-refractivity contribution < 1.29 is 28.5 Å². The normalized spacial score (nSPS) is 10.6. The molecule has 0 aliphatic carbocycles. The summed E-state index contributed by atoms with van der Waals surface area (Å²) in [7, 11) is 1.61. The van der Waals surface area contributed by atoms with Crippen LogP contribution in [0.5, 0.6) is 17.2 Å². The Kier molecular flexibility index (Phi) is 7.37. The maximum absolute atomic E-state index is 11.9. The van der Waals surface area contributed by atoms with Gasteiger partial charge in [-0.1, -0.05) is 0 Å². The average Bonchev–Trinajstić information content (AvgIpc) is 3.14. The Balaban J connectivity index is 1.69. The van der Waals surface area contributed by atoms with Crippen molar-refractivity contribution in [3.8, 4) is 17.2 Å². The number of nitrogens with zero attached hydrogens (tertiary/aromatic N) is 1. The maximum atomic E-state index is 11.9. The molecule has 31 heavy (non-hydrogen) atoms. The van der Waals surface area contributed by atoms with Gasteiger partial charge in [-0.2, -0.15) is 0 Å². The van der Waals surface area contributed by atoms with Crippen molar-refractivity contribution in [3.63, 3.8) is 0 Å². The lowest BCUT2D eigenvalue weighted by Crippen LogP contribution is -2.17. The van der Waals surface area contributed by atoms with E-state index in [1.807, 2.05) is 34.9 Å². The molecule has 0 atom stereocenters. The van der Waals surface area contributed by atoms with Crippen LogP contribution in [0.2, 0.25) is 0 Å². The molecule has 3 rings (SSSR count). The minimum absolute atomic E-state index is 0.182. The van der Waals surface area contributed by atoms with Crippen molar-refractivity contribution >= 4 is 22.8 Å². The summed E-state index contributed by atoms with van der Waals surface area (Å²) in [6.45, 7) is 2.84. The minimum Gasteiger partial charge on any atom is -0.497 e. The van der Waals surface area contributed by atoms with Gasteiger partial charge in [-0.3, -0.25) is 4.79 Å². The van der Waals surface area contributed by atoms with E-state index < -0.39 is 11.9 Å². The molecule has 0 aliphatic rings. The number of hydrogen-bond acceptors (Lipinski definition) is 6. The largest absolute Gasteiger partial charge is 0.497 e. The molecule has 0 bridgehead atoms. The molecule has 1 amide bonds. The molecular formula is C23H26N2O6. The minimum atomic E-state index is -0.513. The Morgan fingerprint density at radius 1 is 0.968 bits per heavy atom. The molecule has 0 saturated heterocycles. The zero-order valence-electron chi connectivity index (χ0n) is 17.6. The second-order valence-corrected chi connectivity index (χ2v) is 6.74. The number of aryl methyl sites for hydroxylation is 1. The van der Waals surface area contributed by atoms with Crippen LogP contribution in [0.1, 0.15) is 23.8 Å². The quantitative estimate of drug-likeness (QED) is 0.373. The average molecular weight is 426 g/mol. The van der Waals surface area contributed by atoms with Gasteiger partial charge in [-0.25, -0.2) is 4.79 Å². The topological polar surface area (TPSA) is 102 Å². The van der Waals surface area contributed by atoms with E-state index in [4.69, 9.17) is 24.7 Å². The maximum Gasteiger partial charge on any atom is 0.344 e. The summed E-state index contributed by atoms with van der Waals surface area (Å²) in [5.41, 5.74) is 6.77. The highest BCUT2D eigenvalue weighted by Gasteiger charge is 2.14. The summed E-state index contributed by atoms with van der Waals surface area (Å²) in [4.78, 5) is 23.5. The van der Waals surface area contributed by atoms with Gasteiger partial charge in [0, 0.05) is 18.0 Å². The van der Waals surface area contributed by atoms with E-state index in [1.165, 1.54) is 0 Å². The van der Waals surface area contributed by atoms with E-state index in [-0.39, 0.29) is 6.61 Å². The molecule has 0 unspecified atom stereocenters. The third-order valence-electron chi connectivity index (χ3n) is 4.64. The lowest BCUT2D eigenvalue weighted by molar-refractivity contribution is -0.145. The van der Waals surface area contributed by atoms with Gasteiger partial charge in [-0.15, -0.1) is 0 Å². The SMILES string of the molecule is CCOC(=O)COc1ccc2cc(C(N)=O)n(CCCOc3ccc(OC)cc3)c2c1. The molecule has 8 heteroatoms. The molecule has 164 valence electrons. The Morgan fingerprint density at radius 2 is 1.68 bits per heavy atom. The van der Waals surface area contributed by atoms with Crippen LogP contribution in [0.15, 0.2) is 48.5 Å². The molecule has 3 aromatic rings. The van der Waals surface area contributed by atoms with Crippen LogP contribution < -0.4 is 19.9 Å². The van der Waals surface area contributed by atoms with E-state index in [9.17, 15) is 9.59 Å². The number of rotatable bonds is 11. The lowest BCUT2D eigenvalue weighted by atomic mass is 10.2. The second kappa shape index (κ2) is 10.4. The van der Waals surface area contributed by atoms with E-state index in [1.54, 1.807) is 32.2 Å². The molecule has 0 radical (unpaired) electrons. The standard InChI is InChI=1S/C23H26N2O6/c1-3-29-22(26)15-31-19-6-5-16-13-21(23(24)27)25(20(16)14-19)11-4-12-30-18-9-7-17(28-2)8-10-18/h5-10,13-14H,3-4,11-12,15H2,1-2H3,(H2,24,27). The van der Waals surface area contributed by atoms with Gasteiger partial charge in [0.15, 0.2) is 6.61 Å². The van der Waals surface area contributed by atoms with Crippen LogP contribution in [0.3, 0.4) is 0 Å². The van der Waals surface area contributed by atoms with Crippen molar-refractivity contribution in [3.05, 3.63) is 54.2 Å². The van der Waals surface area contributed by atoms with Crippen molar-refractivity contribution in [1.29, 1.82) is 0 Å². The summed E-state index contributed by atoms with van der Waals surface area (Å²) in [6, 6.07) is 14.4. The van der Waals surface area contributed by atoms with Crippen molar-refractivity contribution in [2.45, 2.75) is 19.9 Å². The van der Waals surface area contributed by atoms with E-state index in [0.29, 0.717) is 37.6 Å². The number of carbonyl (C=O) groups excluding carboxylic acids is 2. The first kappa shape index (κ1) is 22.0. The van der Waals surface area contributed by atoms with E-state index in [2.05, 4.69) is 0 Å². The van der Waals surface area contributed by atoms with Crippen molar-refractivity contribution in [1.82, 2.24) is 4.57 Å². The Hall–Kier alpha value is -3.68. The number of nitrogens with two attached hydrogens (primary N) is 1. The fraction of sp³-hybridized carbons (Fsp3) is 0.304. The van der Waals surface area contributed by atoms with Gasteiger partial charge in [-0.05, 0) is 55.8 Å². The van der Waals surface area contributed by atoms with Gasteiger partial charge < -0.3 is 29.2 Å². The molecule has 0 saturated carbocycles. The molecule has 2 aromatic carbocycles. The molecule has 0 spiro atoms. The first-order valence-corrected chi connectivity index (χ1v) is 10.00. The van der Waals surface area contributed by atoms with Crippen LogP contribution in [0, 0.1) is 0 Å². The van der Waals surface area contributed by atoms with Crippen LogP contribution in [0.25, 0.3) is 10.9 Å². The summed E-state index contributed by atoms with van der Waals surface area (Å²) in [5, 5.41) is 0.855. The highest BCUT2D eigenvalue weighted by molar-refractivity contribution is 5.98. The Bertz CT molecular complexity index is 1040. The van der Waals surface area contributed by atoms with Gasteiger partial charge in [0.25, 0.3) is 5.91 Å². The fourth-order valence-electron chi connectivity index (χ4n) is 3.20. The zero-order chi connectivity index (χ0) is 22.2. The highest BCUT2D eigenvalue weighted by Crippen LogP contribution is 2.25. The molecule has 1 aromatic heterocycles. The molecule has 1 heterocycles. The highest BCUT2D eigenvalue weighted by atomic mass is 16.6. The number of hydrogen-bond donors (Lipinski definition) is 1. The molecule has 2 N–H and O–H groups in total. The third-order valence-corrected chi connectivity index (χ3v) is 4.64. The molecule has 0 fully saturated rings. The number of carbonyl (C=O) groups is 2. The lowest BCUT2D eigenvalue weighted by Gasteiger charge is -2.11. The number of aromatic nitrogens is 1. The predicted molar refractivity (Wildman–Crippen MR) is 116 cm³/mol. The predicted octanol–water partition coefficient (Wildman–Crippen LogP) is 3.16. The van der Waals surface area contributed by atoms with Crippen LogP contribution in [-0.4, -0.2) is 43.4 Å². The van der Waals surface area contributed by atoms with Gasteiger partial charge in [0.1, 0.15) is 22.9 Å². The second-order valence-electron chi connectivity index (χ2n) is 6.74. The van der Waals surface area contributed by atoms with Gasteiger partial charge in [0.2, 0.25) is 0 Å². The van der Waals surface area contributed by atoms with E-state index in [0.717, 1.165) is 22.4 Å². The summed E-state index contributed by atoms with van der Waals surface area (Å²) in [6.07, 6.45) is 0.657. The van der Waals surface area contributed by atoms with Gasteiger partial charge >= 0.3 is 5.97 Å². The first-order valence-electron chi connectivity index (χ1n) is 10.00. The van der Waals surface area contributed by atoms with E-state index >= 15 is 0 Å². The number of methoxy groups -OCH3 is 1.